The van der Waals surface area contributed by atoms with Gasteiger partial charge in [0.25, 0.3) is 0 Å². The van der Waals surface area contributed by atoms with Gasteiger partial charge < -0.3 is 4.90 Å². The number of rotatable bonds is 3. The van der Waals surface area contributed by atoms with E-state index in [1.54, 1.807) is 0 Å². The molecule has 0 saturated carbocycles. The summed E-state index contributed by atoms with van der Waals surface area (Å²) in [5.74, 6) is 2.05. The zero-order valence-electron chi connectivity index (χ0n) is 10.4. The molecule has 0 aliphatic carbocycles. The molecule has 1 fully saturated rings. The number of nitrogens with zero attached hydrogens (tertiary/aromatic N) is 1. The van der Waals surface area contributed by atoms with Gasteiger partial charge in [-0.1, -0.05) is 31.5 Å². The zero-order valence-corrected chi connectivity index (χ0v) is 11.9. The van der Waals surface area contributed by atoms with E-state index >= 15 is 0 Å². The normalized spacial score (nSPS) is 20.3. The molecule has 1 saturated heterocycles. The Morgan fingerprint density at radius 1 is 1.41 bits per heavy atom. The molecule has 3 heteroatoms. The van der Waals surface area contributed by atoms with Crippen molar-refractivity contribution in [2.75, 3.05) is 18.0 Å². The molecule has 0 bridgehead atoms. The first-order valence-corrected chi connectivity index (χ1v) is 7.12. The maximum atomic E-state index is 6.20. The Morgan fingerprint density at radius 2 is 2.18 bits per heavy atom. The van der Waals surface area contributed by atoms with Crippen LogP contribution in [0.15, 0.2) is 18.2 Å². The van der Waals surface area contributed by atoms with E-state index in [1.807, 2.05) is 12.1 Å². The van der Waals surface area contributed by atoms with Crippen LogP contribution >= 0.6 is 23.2 Å². The van der Waals surface area contributed by atoms with Crippen molar-refractivity contribution in [1.82, 2.24) is 0 Å². The fourth-order valence-electron chi connectivity index (χ4n) is 2.41. The van der Waals surface area contributed by atoms with E-state index in [-0.39, 0.29) is 0 Å². The molecule has 0 radical (unpaired) electrons. The lowest BCUT2D eigenvalue weighted by Gasteiger charge is -2.20. The van der Waals surface area contributed by atoms with Crippen molar-refractivity contribution in [3.05, 3.63) is 28.8 Å². The molecule has 1 unspecified atom stereocenters. The minimum atomic E-state index is 0.480. The van der Waals surface area contributed by atoms with Gasteiger partial charge in [0.05, 0.1) is 0 Å². The second-order valence-electron chi connectivity index (χ2n) is 5.15. The van der Waals surface area contributed by atoms with Crippen LogP contribution in [0, 0.1) is 11.8 Å². The molecule has 1 aromatic rings. The molecule has 1 atom stereocenters. The van der Waals surface area contributed by atoms with E-state index in [0.717, 1.165) is 35.5 Å². The monoisotopic (exact) mass is 271 g/mol. The van der Waals surface area contributed by atoms with Crippen LogP contribution in [0.4, 0.5) is 5.69 Å². The van der Waals surface area contributed by atoms with Gasteiger partial charge in [-0.05, 0) is 36.0 Å². The lowest BCUT2D eigenvalue weighted by Crippen LogP contribution is -2.21. The van der Waals surface area contributed by atoms with Gasteiger partial charge in [-0.2, -0.15) is 0 Å². The highest BCUT2D eigenvalue weighted by molar-refractivity contribution is 6.32. The van der Waals surface area contributed by atoms with Crippen LogP contribution in [0.2, 0.25) is 5.02 Å². The first kappa shape index (κ1) is 13.0. The van der Waals surface area contributed by atoms with Gasteiger partial charge >= 0.3 is 0 Å². The Bertz CT molecular complexity index is 390. The van der Waals surface area contributed by atoms with Crippen LogP contribution < -0.4 is 4.90 Å². The summed E-state index contributed by atoms with van der Waals surface area (Å²) in [7, 11) is 0. The second-order valence-corrected chi connectivity index (χ2v) is 5.82. The standard InChI is InChI=1S/C14H19Cl2N/c1-10(2)12-5-6-17(9-12)13-4-3-11(8-15)14(16)7-13/h3-4,7,10,12H,5-6,8-9H2,1-2H3. The van der Waals surface area contributed by atoms with E-state index in [4.69, 9.17) is 23.2 Å². The predicted octanol–water partition coefficient (Wildman–Crippen LogP) is 4.56. The number of halogens is 2. The largest absolute Gasteiger partial charge is 0.371 e. The quantitative estimate of drug-likeness (QED) is 0.729. The maximum Gasteiger partial charge on any atom is 0.0488 e. The topological polar surface area (TPSA) is 3.24 Å². The highest BCUT2D eigenvalue weighted by Gasteiger charge is 2.25. The van der Waals surface area contributed by atoms with Gasteiger partial charge in [0, 0.05) is 29.7 Å². The molecular weight excluding hydrogens is 253 g/mol. The van der Waals surface area contributed by atoms with Crippen LogP contribution in [0.3, 0.4) is 0 Å². The third-order valence-electron chi connectivity index (χ3n) is 3.71. The van der Waals surface area contributed by atoms with Crippen molar-refractivity contribution in [3.63, 3.8) is 0 Å². The summed E-state index contributed by atoms with van der Waals surface area (Å²) in [5.41, 5.74) is 2.24. The first-order chi connectivity index (χ1) is 8.11. The number of alkyl halides is 1. The molecule has 1 aliphatic heterocycles. The second kappa shape index (κ2) is 5.49. The summed E-state index contributed by atoms with van der Waals surface area (Å²) in [5, 5.41) is 0.783. The third-order valence-corrected chi connectivity index (χ3v) is 4.35. The van der Waals surface area contributed by atoms with Crippen molar-refractivity contribution in [2.24, 2.45) is 11.8 Å². The molecule has 1 heterocycles. The maximum absolute atomic E-state index is 6.20. The number of benzene rings is 1. The van der Waals surface area contributed by atoms with Crippen molar-refractivity contribution in [3.8, 4) is 0 Å². The SMILES string of the molecule is CC(C)C1CCN(c2ccc(CCl)c(Cl)c2)C1. The summed E-state index contributed by atoms with van der Waals surface area (Å²) in [6.45, 7) is 6.89. The van der Waals surface area contributed by atoms with Crippen LogP contribution in [0.25, 0.3) is 0 Å². The van der Waals surface area contributed by atoms with Gasteiger partial charge in [-0.3, -0.25) is 0 Å². The van der Waals surface area contributed by atoms with Crippen LogP contribution in [-0.2, 0) is 5.88 Å². The highest BCUT2D eigenvalue weighted by atomic mass is 35.5. The molecule has 2 rings (SSSR count). The van der Waals surface area contributed by atoms with E-state index in [1.165, 1.54) is 12.1 Å². The predicted molar refractivity (Wildman–Crippen MR) is 76.2 cm³/mol. The number of hydrogen-bond acceptors (Lipinski definition) is 1. The van der Waals surface area contributed by atoms with Crippen LogP contribution in [-0.4, -0.2) is 13.1 Å². The average Bonchev–Trinajstić information content (AvgIpc) is 2.78. The van der Waals surface area contributed by atoms with Gasteiger partial charge in [-0.15, -0.1) is 11.6 Å². The molecular formula is C14H19Cl2N. The third kappa shape index (κ3) is 2.89. The Labute approximate surface area is 114 Å². The highest BCUT2D eigenvalue weighted by Crippen LogP contribution is 2.31. The molecule has 1 aromatic carbocycles. The summed E-state index contributed by atoms with van der Waals surface area (Å²) in [6, 6.07) is 6.21. The summed E-state index contributed by atoms with van der Waals surface area (Å²) in [6.07, 6.45) is 1.28. The van der Waals surface area contributed by atoms with E-state index in [9.17, 15) is 0 Å². The molecule has 94 valence electrons. The van der Waals surface area contributed by atoms with Crippen molar-refractivity contribution in [2.45, 2.75) is 26.1 Å². The average molecular weight is 272 g/mol. The van der Waals surface area contributed by atoms with E-state index in [2.05, 4.69) is 24.8 Å². The lowest BCUT2D eigenvalue weighted by atomic mass is 9.95. The van der Waals surface area contributed by atoms with Crippen molar-refractivity contribution >= 4 is 28.9 Å². The Kier molecular flexibility index (Phi) is 4.22. The molecule has 0 aromatic heterocycles. The van der Waals surface area contributed by atoms with Crippen LogP contribution in [0.5, 0.6) is 0 Å². The molecule has 17 heavy (non-hydrogen) atoms. The van der Waals surface area contributed by atoms with Gasteiger partial charge in [0.2, 0.25) is 0 Å². The molecule has 0 spiro atoms. The molecule has 1 nitrogen and oxygen atoms in total. The van der Waals surface area contributed by atoms with Crippen molar-refractivity contribution < 1.29 is 0 Å². The summed E-state index contributed by atoms with van der Waals surface area (Å²) < 4.78 is 0. The fraction of sp³-hybridized carbons (Fsp3) is 0.571. The minimum Gasteiger partial charge on any atom is -0.371 e. The van der Waals surface area contributed by atoms with Crippen LogP contribution in [0.1, 0.15) is 25.8 Å². The lowest BCUT2D eigenvalue weighted by molar-refractivity contribution is 0.423. The Hall–Kier alpha value is -0.400. The van der Waals surface area contributed by atoms with Gasteiger partial charge in [0.15, 0.2) is 0 Å². The number of anilines is 1. The summed E-state index contributed by atoms with van der Waals surface area (Å²) in [4.78, 5) is 2.43. The minimum absolute atomic E-state index is 0.480. The van der Waals surface area contributed by atoms with Gasteiger partial charge in [-0.25, -0.2) is 0 Å². The fourth-order valence-corrected chi connectivity index (χ4v) is 2.95. The summed E-state index contributed by atoms with van der Waals surface area (Å²) >= 11 is 12.0. The smallest absolute Gasteiger partial charge is 0.0488 e. The van der Waals surface area contributed by atoms with Crippen molar-refractivity contribution in [1.29, 1.82) is 0 Å². The molecule has 0 N–H and O–H groups in total. The van der Waals surface area contributed by atoms with E-state index in [0.29, 0.717) is 5.88 Å². The zero-order chi connectivity index (χ0) is 12.4. The Balaban J connectivity index is 2.11. The first-order valence-electron chi connectivity index (χ1n) is 6.21. The Morgan fingerprint density at radius 3 is 2.71 bits per heavy atom. The molecule has 0 amide bonds. The number of hydrogen-bond donors (Lipinski definition) is 0. The van der Waals surface area contributed by atoms with Gasteiger partial charge in [0.1, 0.15) is 0 Å². The molecule has 1 aliphatic rings. The van der Waals surface area contributed by atoms with E-state index < -0.39 is 0 Å².